The highest BCUT2D eigenvalue weighted by Crippen LogP contribution is 2.44. The number of para-hydroxylation sites is 2. The van der Waals surface area contributed by atoms with E-state index in [9.17, 15) is 0 Å². The summed E-state index contributed by atoms with van der Waals surface area (Å²) >= 11 is 0. The van der Waals surface area contributed by atoms with Crippen molar-refractivity contribution in [2.24, 2.45) is 0 Å². The monoisotopic (exact) mass is 892 g/mol. The Labute approximate surface area is 401 Å². The molecule has 0 unspecified atom stereocenters. The van der Waals surface area contributed by atoms with Crippen molar-refractivity contribution in [2.45, 2.75) is 0 Å². The van der Waals surface area contributed by atoms with Gasteiger partial charge >= 0.3 is 0 Å². The van der Waals surface area contributed by atoms with E-state index in [-0.39, 0.29) is 0 Å². The Kier molecular flexibility index (Phi) is 8.95. The molecule has 14 rings (SSSR count). The predicted octanol–water partition coefficient (Wildman–Crippen LogP) is 14.4. The average Bonchev–Trinajstić information content (AvgIpc) is 3.95. The average molecular weight is 893 g/mol. The minimum atomic E-state index is -2.88. The van der Waals surface area contributed by atoms with E-state index in [1.165, 1.54) is 108 Å². The second kappa shape index (κ2) is 15.7. The first-order valence-electron chi connectivity index (χ1n) is 23.9. The summed E-state index contributed by atoms with van der Waals surface area (Å²) in [7, 11) is -2.88. The van der Waals surface area contributed by atoms with Gasteiger partial charge < -0.3 is 9.13 Å². The lowest BCUT2D eigenvalue weighted by molar-refractivity contribution is 1.16. The smallest absolute Gasteiger partial charge is 0.179 e. The van der Waals surface area contributed by atoms with Gasteiger partial charge in [0.05, 0.1) is 22.1 Å². The number of hydrogen-bond donors (Lipinski definition) is 0. The lowest BCUT2D eigenvalue weighted by Gasteiger charge is -2.35. The van der Waals surface area contributed by atoms with E-state index >= 15 is 0 Å². The summed E-state index contributed by atoms with van der Waals surface area (Å²) in [5.74, 6) is 0. The molecule has 0 radical (unpaired) electrons. The van der Waals surface area contributed by atoms with Crippen LogP contribution in [0.4, 0.5) is 0 Å². The van der Waals surface area contributed by atoms with E-state index < -0.39 is 8.07 Å². The van der Waals surface area contributed by atoms with E-state index in [1.807, 2.05) is 0 Å². The van der Waals surface area contributed by atoms with Crippen LogP contribution in [0.5, 0.6) is 0 Å². The summed E-state index contributed by atoms with van der Waals surface area (Å²) in [5.41, 5.74) is 9.48. The number of benzene rings is 12. The molecule has 0 bridgehead atoms. The molecule has 2 nitrogen and oxygen atoms in total. The number of fused-ring (bicyclic) bond motifs is 13. The molecule has 2 aromatic heterocycles. The molecule has 0 atom stereocenters. The zero-order chi connectivity index (χ0) is 45.5. The summed E-state index contributed by atoms with van der Waals surface area (Å²) in [6, 6.07) is 99.7. The molecule has 0 aliphatic rings. The Morgan fingerprint density at radius 2 is 0.652 bits per heavy atom. The first-order chi connectivity index (χ1) is 34.3. The number of hydrogen-bond acceptors (Lipinski definition) is 0. The van der Waals surface area contributed by atoms with Crippen molar-refractivity contribution in [3.63, 3.8) is 0 Å². The summed E-state index contributed by atoms with van der Waals surface area (Å²) in [5, 5.41) is 18.1. The lowest BCUT2D eigenvalue weighted by Crippen LogP contribution is -2.74. The summed E-state index contributed by atoms with van der Waals surface area (Å²) in [4.78, 5) is 0. The molecule has 12 aromatic carbocycles. The Hall–Kier alpha value is -8.76. The van der Waals surface area contributed by atoms with Crippen molar-refractivity contribution >= 4 is 105 Å². The van der Waals surface area contributed by atoms with Gasteiger partial charge in [-0.05, 0) is 101 Å². The predicted molar refractivity (Wildman–Crippen MR) is 297 cm³/mol. The van der Waals surface area contributed by atoms with Crippen LogP contribution in [0.2, 0.25) is 0 Å². The van der Waals surface area contributed by atoms with Crippen LogP contribution in [0.3, 0.4) is 0 Å². The van der Waals surface area contributed by atoms with Crippen LogP contribution in [-0.2, 0) is 0 Å². The van der Waals surface area contributed by atoms with Crippen LogP contribution >= 0.6 is 0 Å². The third-order valence-electron chi connectivity index (χ3n) is 14.8. The first-order valence-corrected chi connectivity index (χ1v) is 25.9. The largest absolute Gasteiger partial charge is 0.309 e. The molecule has 0 N–H and O–H groups in total. The van der Waals surface area contributed by atoms with Crippen LogP contribution in [0.1, 0.15) is 0 Å². The fourth-order valence-corrected chi connectivity index (χ4v) is 16.7. The van der Waals surface area contributed by atoms with Crippen molar-refractivity contribution < 1.29 is 0 Å². The molecule has 0 aliphatic heterocycles. The summed E-state index contributed by atoms with van der Waals surface area (Å²) in [6.07, 6.45) is 0. The van der Waals surface area contributed by atoms with Gasteiger partial charge in [-0.25, -0.2) is 0 Å². The van der Waals surface area contributed by atoms with Gasteiger partial charge in [0.1, 0.15) is 0 Å². The standard InChI is InChI=1S/C66H44N2Si/c1-4-19-45(20-5-1)46-21-18-26-52(43-46)69(49-22-6-2-7-23-49,50-24-8-3-9-25-50)51-38-35-47(36-39-51)67-63-42-41-59-55-29-11-10-27-53(55)54-28-12-13-32-58(54)65(59)66(63)60-40-37-48(44-64(60)67)68-61-33-16-14-30-56(61)57-31-15-17-34-62(57)68/h1-44H. The molecule has 0 spiro atoms. The van der Waals surface area contributed by atoms with Crippen LogP contribution in [0.15, 0.2) is 267 Å². The molecule has 14 aromatic rings. The molecule has 0 amide bonds. The number of nitrogens with zero attached hydrogens (tertiary/aromatic N) is 2. The quantitative estimate of drug-likeness (QED) is 0.0857. The number of rotatable bonds is 7. The molecule has 0 saturated carbocycles. The second-order valence-corrected chi connectivity index (χ2v) is 22.2. The highest BCUT2D eigenvalue weighted by Gasteiger charge is 2.41. The molecule has 0 fully saturated rings. The van der Waals surface area contributed by atoms with Gasteiger partial charge in [-0.15, -0.1) is 0 Å². The van der Waals surface area contributed by atoms with Crippen LogP contribution in [-0.4, -0.2) is 17.2 Å². The van der Waals surface area contributed by atoms with Crippen molar-refractivity contribution in [2.75, 3.05) is 0 Å². The Morgan fingerprint density at radius 1 is 0.217 bits per heavy atom. The normalized spacial score (nSPS) is 12.1. The second-order valence-electron chi connectivity index (χ2n) is 18.4. The molecular weight excluding hydrogens is 849 g/mol. The molecule has 322 valence electrons. The van der Waals surface area contributed by atoms with E-state index in [4.69, 9.17) is 0 Å². The van der Waals surface area contributed by atoms with E-state index in [0.29, 0.717) is 0 Å². The van der Waals surface area contributed by atoms with Crippen LogP contribution < -0.4 is 20.7 Å². The Bertz CT molecular complexity index is 4150. The minimum Gasteiger partial charge on any atom is -0.309 e. The lowest BCUT2D eigenvalue weighted by atomic mass is 9.92. The molecule has 0 saturated heterocycles. The highest BCUT2D eigenvalue weighted by atomic mass is 28.3. The van der Waals surface area contributed by atoms with Gasteiger partial charge in [-0.2, -0.15) is 0 Å². The topological polar surface area (TPSA) is 9.86 Å². The van der Waals surface area contributed by atoms with Gasteiger partial charge in [-0.3, -0.25) is 0 Å². The third kappa shape index (κ3) is 5.91. The van der Waals surface area contributed by atoms with Gasteiger partial charge in [0.15, 0.2) is 8.07 Å². The highest BCUT2D eigenvalue weighted by molar-refractivity contribution is 7.20. The van der Waals surface area contributed by atoms with E-state index in [1.54, 1.807) is 0 Å². The first kappa shape index (κ1) is 39.4. The van der Waals surface area contributed by atoms with Gasteiger partial charge in [0.2, 0.25) is 0 Å². The summed E-state index contributed by atoms with van der Waals surface area (Å²) < 4.78 is 4.97. The minimum absolute atomic E-state index is 1.13. The zero-order valence-corrected chi connectivity index (χ0v) is 38.8. The zero-order valence-electron chi connectivity index (χ0n) is 37.8. The van der Waals surface area contributed by atoms with Crippen LogP contribution in [0, 0.1) is 0 Å². The molecule has 2 heterocycles. The SMILES string of the molecule is c1ccc(-c2cccc([Si](c3ccccc3)(c3ccccc3)c3ccc(-n4c5cc(-n6c7ccccc7c7ccccc76)ccc5c5c6c7ccccc7c7ccccc7c6ccc54)cc3)c2)cc1. The van der Waals surface area contributed by atoms with Gasteiger partial charge in [-0.1, -0.05) is 224 Å². The molecule has 69 heavy (non-hydrogen) atoms. The Morgan fingerprint density at radius 3 is 1.28 bits per heavy atom. The number of aromatic nitrogens is 2. The van der Waals surface area contributed by atoms with Crippen molar-refractivity contribution in [1.29, 1.82) is 0 Å². The van der Waals surface area contributed by atoms with E-state index in [2.05, 4.69) is 276 Å². The van der Waals surface area contributed by atoms with Gasteiger partial charge in [0, 0.05) is 38.3 Å². The Balaban J connectivity index is 1.06. The fraction of sp³-hybridized carbons (Fsp3) is 0. The maximum Gasteiger partial charge on any atom is 0.179 e. The fourth-order valence-electron chi connectivity index (χ4n) is 11.9. The molecule has 3 heteroatoms. The van der Waals surface area contributed by atoms with Crippen molar-refractivity contribution in [1.82, 2.24) is 9.13 Å². The van der Waals surface area contributed by atoms with Crippen LogP contribution in [0.25, 0.3) is 98.4 Å². The maximum absolute atomic E-state index is 2.88. The van der Waals surface area contributed by atoms with Crippen molar-refractivity contribution in [3.05, 3.63) is 267 Å². The maximum atomic E-state index is 2.53. The summed E-state index contributed by atoms with van der Waals surface area (Å²) in [6.45, 7) is 0. The molecular formula is C66H44N2Si. The molecule has 0 aliphatic carbocycles. The van der Waals surface area contributed by atoms with Gasteiger partial charge in [0.25, 0.3) is 0 Å². The van der Waals surface area contributed by atoms with E-state index in [0.717, 1.165) is 11.4 Å². The third-order valence-corrected chi connectivity index (χ3v) is 19.6. The van der Waals surface area contributed by atoms with Crippen molar-refractivity contribution in [3.8, 4) is 22.5 Å².